The number of hydrogen-bond acceptors (Lipinski definition) is 2. The van der Waals surface area contributed by atoms with Gasteiger partial charge >= 0.3 is 0 Å². The molecule has 2 heteroatoms. The minimum absolute atomic E-state index is 0.449. The van der Waals surface area contributed by atoms with Gasteiger partial charge in [0.25, 0.3) is 0 Å². The second-order valence-electron chi connectivity index (χ2n) is 5.50. The summed E-state index contributed by atoms with van der Waals surface area (Å²) in [6, 6.07) is 6.96. The lowest BCUT2D eigenvalue weighted by Gasteiger charge is -2.23. The molecule has 0 bridgehead atoms. The molecule has 1 aliphatic rings. The minimum Gasteiger partial charge on any atom is -0.497 e. The largest absolute Gasteiger partial charge is 0.497 e. The highest BCUT2D eigenvalue weighted by Gasteiger charge is 2.23. The predicted molar refractivity (Wildman–Crippen MR) is 71.4 cm³/mol. The molecule has 1 heterocycles. The van der Waals surface area contributed by atoms with Crippen LogP contribution in [0.15, 0.2) is 18.2 Å². The third kappa shape index (κ3) is 2.63. The highest BCUT2D eigenvalue weighted by Crippen LogP contribution is 2.32. The summed E-state index contributed by atoms with van der Waals surface area (Å²) in [4.78, 5) is 0. The van der Waals surface area contributed by atoms with Gasteiger partial charge in [-0.25, -0.2) is 0 Å². The van der Waals surface area contributed by atoms with Crippen molar-refractivity contribution in [3.63, 3.8) is 0 Å². The van der Waals surface area contributed by atoms with Gasteiger partial charge in [-0.1, -0.05) is 26.8 Å². The molecule has 2 unspecified atom stereocenters. The molecular formula is C15H23NO. The van der Waals surface area contributed by atoms with Crippen LogP contribution in [0.5, 0.6) is 5.75 Å². The molecule has 2 atom stereocenters. The normalized spacial score (nSPS) is 24.3. The first-order valence-electron chi connectivity index (χ1n) is 6.52. The minimum atomic E-state index is 0.449. The zero-order valence-electron chi connectivity index (χ0n) is 11.3. The smallest absolute Gasteiger partial charge is 0.119 e. The van der Waals surface area contributed by atoms with Gasteiger partial charge in [-0.05, 0) is 48.1 Å². The average Bonchev–Trinajstić information content (AvgIpc) is 2.46. The third-order valence-electron chi connectivity index (χ3n) is 3.61. The third-order valence-corrected chi connectivity index (χ3v) is 3.61. The molecule has 1 N–H and O–H groups in total. The average molecular weight is 233 g/mol. The number of methoxy groups -OCH3 is 1. The Morgan fingerprint density at radius 1 is 1.35 bits per heavy atom. The van der Waals surface area contributed by atoms with Gasteiger partial charge in [0, 0.05) is 6.04 Å². The van der Waals surface area contributed by atoms with Gasteiger partial charge in [0.2, 0.25) is 0 Å². The SMILES string of the molecule is COc1ccc2c(c1)C(C(C)C)NCC(C)C2. The Morgan fingerprint density at radius 3 is 2.76 bits per heavy atom. The second kappa shape index (κ2) is 5.09. The van der Waals surface area contributed by atoms with Gasteiger partial charge < -0.3 is 10.1 Å². The first-order chi connectivity index (χ1) is 8.11. The Morgan fingerprint density at radius 2 is 2.12 bits per heavy atom. The fourth-order valence-corrected chi connectivity index (χ4v) is 2.66. The molecule has 1 aromatic carbocycles. The summed E-state index contributed by atoms with van der Waals surface area (Å²) in [6.45, 7) is 7.96. The summed E-state index contributed by atoms with van der Waals surface area (Å²) >= 11 is 0. The van der Waals surface area contributed by atoms with E-state index >= 15 is 0 Å². The molecule has 94 valence electrons. The number of hydrogen-bond donors (Lipinski definition) is 1. The van der Waals surface area contributed by atoms with Gasteiger partial charge in [-0.2, -0.15) is 0 Å². The Balaban J connectivity index is 2.42. The molecule has 1 aromatic rings. The first-order valence-corrected chi connectivity index (χ1v) is 6.52. The molecule has 0 saturated heterocycles. The Labute approximate surface area is 104 Å². The maximum Gasteiger partial charge on any atom is 0.119 e. The fraction of sp³-hybridized carbons (Fsp3) is 0.600. The van der Waals surface area contributed by atoms with Crippen LogP contribution >= 0.6 is 0 Å². The molecule has 0 amide bonds. The molecule has 0 spiro atoms. The van der Waals surface area contributed by atoms with Gasteiger partial charge in [0.1, 0.15) is 5.75 Å². The van der Waals surface area contributed by atoms with Gasteiger partial charge in [0.05, 0.1) is 7.11 Å². The van der Waals surface area contributed by atoms with Crippen LogP contribution in [0.3, 0.4) is 0 Å². The van der Waals surface area contributed by atoms with Crippen molar-refractivity contribution >= 4 is 0 Å². The highest BCUT2D eigenvalue weighted by molar-refractivity contribution is 5.39. The van der Waals surface area contributed by atoms with Crippen LogP contribution in [-0.4, -0.2) is 13.7 Å². The quantitative estimate of drug-likeness (QED) is 0.847. The summed E-state index contributed by atoms with van der Waals surface area (Å²) in [5.41, 5.74) is 2.89. The summed E-state index contributed by atoms with van der Waals surface area (Å²) < 4.78 is 5.35. The van der Waals surface area contributed by atoms with Crippen molar-refractivity contribution in [3.8, 4) is 5.75 Å². The summed E-state index contributed by atoms with van der Waals surface area (Å²) in [5.74, 6) is 2.27. The van der Waals surface area contributed by atoms with E-state index in [2.05, 4.69) is 44.3 Å². The first kappa shape index (κ1) is 12.4. The van der Waals surface area contributed by atoms with E-state index in [0.717, 1.165) is 18.7 Å². The van der Waals surface area contributed by atoms with Crippen molar-refractivity contribution in [2.24, 2.45) is 11.8 Å². The van der Waals surface area contributed by atoms with Crippen LogP contribution in [0.2, 0.25) is 0 Å². The molecular weight excluding hydrogens is 210 g/mol. The van der Waals surface area contributed by atoms with Crippen LogP contribution < -0.4 is 10.1 Å². The van der Waals surface area contributed by atoms with E-state index in [1.165, 1.54) is 11.1 Å². The maximum atomic E-state index is 5.35. The van der Waals surface area contributed by atoms with Crippen molar-refractivity contribution in [2.75, 3.05) is 13.7 Å². The van der Waals surface area contributed by atoms with Crippen molar-refractivity contribution in [1.82, 2.24) is 5.32 Å². The Bertz CT molecular complexity index is 387. The van der Waals surface area contributed by atoms with E-state index in [1.54, 1.807) is 7.11 Å². The lowest BCUT2D eigenvalue weighted by molar-refractivity contribution is 0.390. The van der Waals surface area contributed by atoms with Crippen LogP contribution in [0.4, 0.5) is 0 Å². The van der Waals surface area contributed by atoms with Gasteiger partial charge in [0.15, 0.2) is 0 Å². The van der Waals surface area contributed by atoms with Crippen LogP contribution in [-0.2, 0) is 6.42 Å². The topological polar surface area (TPSA) is 21.3 Å². The van der Waals surface area contributed by atoms with Crippen LogP contribution in [0, 0.1) is 11.8 Å². The van der Waals surface area contributed by atoms with Crippen molar-refractivity contribution < 1.29 is 4.74 Å². The molecule has 2 nitrogen and oxygen atoms in total. The number of fused-ring (bicyclic) bond motifs is 1. The number of rotatable bonds is 2. The molecule has 0 saturated carbocycles. The van der Waals surface area contributed by atoms with Gasteiger partial charge in [-0.15, -0.1) is 0 Å². The van der Waals surface area contributed by atoms with Crippen molar-refractivity contribution in [3.05, 3.63) is 29.3 Å². The molecule has 0 radical (unpaired) electrons. The molecule has 0 aromatic heterocycles. The molecule has 0 aliphatic carbocycles. The molecule has 0 fully saturated rings. The molecule has 2 rings (SSSR count). The highest BCUT2D eigenvalue weighted by atomic mass is 16.5. The standard InChI is InChI=1S/C15H23NO/c1-10(2)15-14-8-13(17-4)6-5-12(14)7-11(3)9-16-15/h5-6,8,10-11,15-16H,7,9H2,1-4H3. The Hall–Kier alpha value is -1.02. The van der Waals surface area contributed by atoms with E-state index in [1.807, 2.05) is 0 Å². The van der Waals surface area contributed by atoms with Crippen molar-refractivity contribution in [2.45, 2.75) is 33.2 Å². The number of nitrogens with one attached hydrogen (secondary N) is 1. The fourth-order valence-electron chi connectivity index (χ4n) is 2.66. The zero-order chi connectivity index (χ0) is 12.4. The Kier molecular flexibility index (Phi) is 3.72. The number of benzene rings is 1. The lowest BCUT2D eigenvalue weighted by Crippen LogP contribution is -2.27. The second-order valence-corrected chi connectivity index (χ2v) is 5.50. The van der Waals surface area contributed by atoms with E-state index in [9.17, 15) is 0 Å². The van der Waals surface area contributed by atoms with Crippen LogP contribution in [0.25, 0.3) is 0 Å². The zero-order valence-corrected chi connectivity index (χ0v) is 11.3. The molecule has 17 heavy (non-hydrogen) atoms. The lowest BCUT2D eigenvalue weighted by atomic mass is 9.91. The van der Waals surface area contributed by atoms with Crippen molar-refractivity contribution in [1.29, 1.82) is 0 Å². The van der Waals surface area contributed by atoms with Crippen LogP contribution in [0.1, 0.15) is 37.9 Å². The van der Waals surface area contributed by atoms with E-state index < -0.39 is 0 Å². The molecule has 1 aliphatic heterocycles. The van der Waals surface area contributed by atoms with E-state index in [4.69, 9.17) is 4.74 Å². The van der Waals surface area contributed by atoms with E-state index in [0.29, 0.717) is 17.9 Å². The summed E-state index contributed by atoms with van der Waals surface area (Å²) in [6.07, 6.45) is 1.16. The number of ether oxygens (including phenoxy) is 1. The monoisotopic (exact) mass is 233 g/mol. The summed E-state index contributed by atoms with van der Waals surface area (Å²) in [7, 11) is 1.73. The van der Waals surface area contributed by atoms with E-state index in [-0.39, 0.29) is 0 Å². The summed E-state index contributed by atoms with van der Waals surface area (Å²) in [5, 5.41) is 3.68. The van der Waals surface area contributed by atoms with Gasteiger partial charge in [-0.3, -0.25) is 0 Å². The predicted octanol–water partition coefficient (Wildman–Crippen LogP) is 3.17. The maximum absolute atomic E-state index is 5.35.